The summed E-state index contributed by atoms with van der Waals surface area (Å²) in [7, 11) is 0. The Hall–Kier alpha value is -2.18. The predicted octanol–water partition coefficient (Wildman–Crippen LogP) is 5.27. The van der Waals surface area contributed by atoms with E-state index in [9.17, 15) is 26.3 Å². The van der Waals surface area contributed by atoms with Crippen LogP contribution in [0.2, 0.25) is 0 Å². The van der Waals surface area contributed by atoms with Gasteiger partial charge in [-0.1, -0.05) is 24.3 Å². The minimum absolute atomic E-state index is 0.325. The molecule has 1 nitrogen and oxygen atoms in total. The van der Waals surface area contributed by atoms with Crippen LogP contribution in [0.1, 0.15) is 5.56 Å². The van der Waals surface area contributed by atoms with E-state index in [1.165, 1.54) is 24.3 Å². The molecule has 112 valence electrons. The van der Waals surface area contributed by atoms with Gasteiger partial charge in [-0.25, -0.2) is 0 Å². The van der Waals surface area contributed by atoms with Crippen molar-refractivity contribution in [2.45, 2.75) is 12.5 Å². The molecule has 0 aliphatic carbocycles. The molecule has 21 heavy (non-hydrogen) atoms. The molecule has 2 rings (SSSR count). The van der Waals surface area contributed by atoms with E-state index in [1.807, 2.05) is 0 Å². The fraction of sp³-hybridized carbons (Fsp3) is 0.143. The van der Waals surface area contributed by atoms with Gasteiger partial charge in [0, 0.05) is 0 Å². The lowest BCUT2D eigenvalue weighted by Crippen LogP contribution is -2.17. The minimum atomic E-state index is -4.82. The van der Waals surface area contributed by atoms with Gasteiger partial charge in [0.15, 0.2) is 0 Å². The summed E-state index contributed by atoms with van der Waals surface area (Å²) in [5.41, 5.74) is -0.143. The normalized spacial score (nSPS) is 12.3. The van der Waals surface area contributed by atoms with Crippen LogP contribution in [-0.2, 0) is 6.18 Å². The van der Waals surface area contributed by atoms with Crippen LogP contribution < -0.4 is 4.74 Å². The van der Waals surface area contributed by atoms with E-state index in [4.69, 9.17) is 0 Å². The van der Waals surface area contributed by atoms with Gasteiger partial charge >= 0.3 is 12.5 Å². The molecule has 2 aromatic carbocycles. The standard InChI is InChI=1S/C14H8F6O/c15-13(16,17)11-6-4-9(5-7-11)10-2-1-3-12(8-10)21-14(18,19)20/h1-8H. The van der Waals surface area contributed by atoms with Crippen LogP contribution in [-0.4, -0.2) is 6.36 Å². The zero-order valence-corrected chi connectivity index (χ0v) is 10.3. The number of hydrogen-bond acceptors (Lipinski definition) is 1. The van der Waals surface area contributed by atoms with E-state index >= 15 is 0 Å². The highest BCUT2D eigenvalue weighted by Crippen LogP contribution is 2.32. The summed E-state index contributed by atoms with van der Waals surface area (Å²) in [6.07, 6.45) is -9.28. The highest BCUT2D eigenvalue weighted by Gasteiger charge is 2.31. The second kappa shape index (κ2) is 5.31. The minimum Gasteiger partial charge on any atom is -0.406 e. The van der Waals surface area contributed by atoms with Crippen molar-refractivity contribution in [1.29, 1.82) is 0 Å². The maximum atomic E-state index is 12.4. The van der Waals surface area contributed by atoms with Crippen molar-refractivity contribution in [3.63, 3.8) is 0 Å². The Labute approximate surface area is 115 Å². The zero-order valence-electron chi connectivity index (χ0n) is 10.3. The molecule has 2 aromatic rings. The van der Waals surface area contributed by atoms with Crippen molar-refractivity contribution in [2.75, 3.05) is 0 Å². The average molecular weight is 306 g/mol. The van der Waals surface area contributed by atoms with Crippen LogP contribution in [0.3, 0.4) is 0 Å². The summed E-state index contributed by atoms with van der Waals surface area (Å²) in [6, 6.07) is 9.14. The van der Waals surface area contributed by atoms with Crippen molar-refractivity contribution in [1.82, 2.24) is 0 Å². The Morgan fingerprint density at radius 1 is 0.714 bits per heavy atom. The van der Waals surface area contributed by atoms with E-state index in [2.05, 4.69) is 4.74 Å². The fourth-order valence-corrected chi connectivity index (χ4v) is 1.72. The topological polar surface area (TPSA) is 9.23 Å². The maximum Gasteiger partial charge on any atom is 0.573 e. The second-order valence-corrected chi connectivity index (χ2v) is 4.15. The van der Waals surface area contributed by atoms with Gasteiger partial charge in [-0.05, 0) is 35.4 Å². The monoisotopic (exact) mass is 306 g/mol. The predicted molar refractivity (Wildman–Crippen MR) is 63.6 cm³/mol. The molecule has 0 saturated heterocycles. The van der Waals surface area contributed by atoms with Gasteiger partial charge in [-0.15, -0.1) is 13.2 Å². The van der Waals surface area contributed by atoms with Crippen molar-refractivity contribution in [2.24, 2.45) is 0 Å². The Morgan fingerprint density at radius 3 is 1.86 bits per heavy atom. The number of halogens is 6. The number of hydrogen-bond donors (Lipinski definition) is 0. The molecule has 0 radical (unpaired) electrons. The lowest BCUT2D eigenvalue weighted by Gasteiger charge is -2.11. The molecule has 0 aliphatic rings. The SMILES string of the molecule is FC(F)(F)Oc1cccc(-c2ccc(C(F)(F)F)cc2)c1. The van der Waals surface area contributed by atoms with Crippen LogP contribution in [0.5, 0.6) is 5.75 Å². The maximum absolute atomic E-state index is 12.4. The third kappa shape index (κ3) is 4.14. The molecular formula is C14H8F6O. The van der Waals surface area contributed by atoms with Crippen LogP contribution in [0.15, 0.2) is 48.5 Å². The van der Waals surface area contributed by atoms with Crippen molar-refractivity contribution in [3.05, 3.63) is 54.1 Å². The lowest BCUT2D eigenvalue weighted by atomic mass is 10.0. The van der Waals surface area contributed by atoms with E-state index in [0.717, 1.165) is 24.3 Å². The van der Waals surface area contributed by atoms with Crippen LogP contribution in [0, 0.1) is 0 Å². The van der Waals surface area contributed by atoms with E-state index in [1.54, 1.807) is 0 Å². The molecule has 0 aliphatic heterocycles. The van der Waals surface area contributed by atoms with Crippen molar-refractivity contribution >= 4 is 0 Å². The molecule has 0 aromatic heterocycles. The molecule has 0 spiro atoms. The summed E-state index contributed by atoms with van der Waals surface area (Å²) in [4.78, 5) is 0. The zero-order chi connectivity index (χ0) is 15.7. The molecule has 0 fully saturated rings. The summed E-state index contributed by atoms with van der Waals surface area (Å²) in [5.74, 6) is -0.431. The van der Waals surface area contributed by atoms with Crippen LogP contribution in [0.4, 0.5) is 26.3 Å². The Balaban J connectivity index is 2.28. The number of benzene rings is 2. The summed E-state index contributed by atoms with van der Waals surface area (Å²) in [5, 5.41) is 0. The fourth-order valence-electron chi connectivity index (χ4n) is 1.72. The Bertz CT molecular complexity index is 613. The molecule has 0 amide bonds. The molecule has 0 unspecified atom stereocenters. The van der Waals surface area contributed by atoms with E-state index in [-0.39, 0.29) is 0 Å². The quantitative estimate of drug-likeness (QED) is 0.687. The summed E-state index contributed by atoms with van der Waals surface area (Å²) >= 11 is 0. The van der Waals surface area contributed by atoms with Gasteiger partial charge in [0.05, 0.1) is 5.56 Å². The Morgan fingerprint density at radius 2 is 1.33 bits per heavy atom. The molecule has 7 heteroatoms. The summed E-state index contributed by atoms with van der Waals surface area (Å²) < 4.78 is 77.4. The van der Waals surface area contributed by atoms with Gasteiger partial charge in [0.2, 0.25) is 0 Å². The van der Waals surface area contributed by atoms with Gasteiger partial charge < -0.3 is 4.74 Å². The van der Waals surface area contributed by atoms with Crippen molar-refractivity contribution < 1.29 is 31.1 Å². The second-order valence-electron chi connectivity index (χ2n) is 4.15. The summed E-state index contributed by atoms with van der Waals surface area (Å²) in [6.45, 7) is 0. The lowest BCUT2D eigenvalue weighted by molar-refractivity contribution is -0.274. The molecule has 0 heterocycles. The molecule has 0 atom stereocenters. The molecule has 0 bridgehead atoms. The van der Waals surface area contributed by atoms with Crippen LogP contribution >= 0.6 is 0 Å². The van der Waals surface area contributed by atoms with E-state index in [0.29, 0.717) is 11.1 Å². The number of ether oxygens (including phenoxy) is 1. The first-order valence-electron chi connectivity index (χ1n) is 5.68. The first-order chi connectivity index (χ1) is 9.65. The first-order valence-corrected chi connectivity index (χ1v) is 5.68. The van der Waals surface area contributed by atoms with Gasteiger partial charge in [-0.2, -0.15) is 13.2 Å². The highest BCUT2D eigenvalue weighted by atomic mass is 19.4. The number of rotatable bonds is 2. The molecule has 0 N–H and O–H groups in total. The van der Waals surface area contributed by atoms with E-state index < -0.39 is 23.9 Å². The molecule has 0 saturated carbocycles. The third-order valence-electron chi connectivity index (χ3n) is 2.61. The largest absolute Gasteiger partial charge is 0.573 e. The first kappa shape index (κ1) is 15.2. The highest BCUT2D eigenvalue weighted by molar-refractivity contribution is 5.65. The van der Waals surface area contributed by atoms with Gasteiger partial charge in [-0.3, -0.25) is 0 Å². The Kier molecular flexibility index (Phi) is 3.85. The smallest absolute Gasteiger partial charge is 0.406 e. The van der Waals surface area contributed by atoms with Crippen LogP contribution in [0.25, 0.3) is 11.1 Å². The van der Waals surface area contributed by atoms with Gasteiger partial charge in [0.25, 0.3) is 0 Å². The molecular weight excluding hydrogens is 298 g/mol. The third-order valence-corrected chi connectivity index (χ3v) is 2.61. The number of alkyl halides is 6. The van der Waals surface area contributed by atoms with Gasteiger partial charge in [0.1, 0.15) is 5.75 Å². The van der Waals surface area contributed by atoms with Crippen molar-refractivity contribution in [3.8, 4) is 16.9 Å². The average Bonchev–Trinajstić information content (AvgIpc) is 2.36.